The normalized spacial score (nSPS) is 16.6. The molecule has 1 aliphatic heterocycles. The van der Waals surface area contributed by atoms with Crippen molar-refractivity contribution in [3.05, 3.63) is 52.2 Å². The summed E-state index contributed by atoms with van der Waals surface area (Å²) in [7, 11) is 1.62. The van der Waals surface area contributed by atoms with Gasteiger partial charge < -0.3 is 20.3 Å². The second kappa shape index (κ2) is 9.41. The maximum atomic E-state index is 12.6. The summed E-state index contributed by atoms with van der Waals surface area (Å²) < 4.78 is 5.32. The van der Waals surface area contributed by atoms with E-state index in [0.29, 0.717) is 26.2 Å². The highest BCUT2D eigenvalue weighted by Gasteiger charge is 2.28. The van der Waals surface area contributed by atoms with Crippen LogP contribution in [-0.4, -0.2) is 37.0 Å². The van der Waals surface area contributed by atoms with Gasteiger partial charge in [0.1, 0.15) is 5.75 Å². The summed E-state index contributed by atoms with van der Waals surface area (Å²) in [6.07, 6.45) is 1.63. The van der Waals surface area contributed by atoms with Crippen molar-refractivity contribution in [1.29, 1.82) is 0 Å². The maximum Gasteiger partial charge on any atom is 0.317 e. The van der Waals surface area contributed by atoms with Gasteiger partial charge in [0.2, 0.25) is 5.91 Å². The average Bonchev–Trinajstić information content (AvgIpc) is 3.24. The minimum atomic E-state index is -0.180. The van der Waals surface area contributed by atoms with Gasteiger partial charge in [-0.1, -0.05) is 24.3 Å². The van der Waals surface area contributed by atoms with Crippen molar-refractivity contribution in [3.63, 3.8) is 0 Å². The van der Waals surface area contributed by atoms with Crippen molar-refractivity contribution in [2.45, 2.75) is 25.9 Å². The number of carbonyl (C=O) groups excluding carboxylic acids is 2. The van der Waals surface area contributed by atoms with Gasteiger partial charge in [-0.2, -0.15) is 0 Å². The summed E-state index contributed by atoms with van der Waals surface area (Å²) in [5.74, 6) is 0.564. The SMILES string of the molecule is COc1ccccc1CNC(=O)C1CCCN(C(=O)NCc2cccs2)C1. The quantitative estimate of drug-likeness (QED) is 0.800. The largest absolute Gasteiger partial charge is 0.496 e. The first-order valence-corrected chi connectivity index (χ1v) is 10.00. The fourth-order valence-corrected chi connectivity index (χ4v) is 3.88. The molecular formula is C20H25N3O3S. The maximum absolute atomic E-state index is 12.6. The molecule has 3 amide bonds. The molecule has 6 nitrogen and oxygen atoms in total. The smallest absolute Gasteiger partial charge is 0.317 e. The van der Waals surface area contributed by atoms with Crippen LogP contribution in [0.3, 0.4) is 0 Å². The number of benzene rings is 1. The van der Waals surface area contributed by atoms with Crippen molar-refractivity contribution in [3.8, 4) is 5.75 Å². The van der Waals surface area contributed by atoms with E-state index in [1.54, 1.807) is 23.3 Å². The van der Waals surface area contributed by atoms with Gasteiger partial charge in [-0.05, 0) is 30.4 Å². The molecule has 1 atom stereocenters. The van der Waals surface area contributed by atoms with E-state index < -0.39 is 0 Å². The number of hydrogen-bond acceptors (Lipinski definition) is 4. The Hall–Kier alpha value is -2.54. The highest BCUT2D eigenvalue weighted by molar-refractivity contribution is 7.09. The third kappa shape index (κ3) is 5.23. The summed E-state index contributed by atoms with van der Waals surface area (Å²) in [4.78, 5) is 27.8. The lowest BCUT2D eigenvalue weighted by Crippen LogP contribution is -2.48. The monoisotopic (exact) mass is 387 g/mol. The highest BCUT2D eigenvalue weighted by Crippen LogP contribution is 2.19. The molecule has 0 saturated carbocycles. The summed E-state index contributed by atoms with van der Waals surface area (Å²) in [6.45, 7) is 2.09. The predicted molar refractivity (Wildman–Crippen MR) is 106 cm³/mol. The number of carbonyl (C=O) groups is 2. The summed E-state index contributed by atoms with van der Waals surface area (Å²) >= 11 is 1.62. The van der Waals surface area contributed by atoms with Crippen molar-refractivity contribution in [2.75, 3.05) is 20.2 Å². The van der Waals surface area contributed by atoms with Crippen LogP contribution in [0.2, 0.25) is 0 Å². The van der Waals surface area contributed by atoms with E-state index in [2.05, 4.69) is 10.6 Å². The van der Waals surface area contributed by atoms with E-state index in [1.165, 1.54) is 0 Å². The van der Waals surface area contributed by atoms with E-state index in [4.69, 9.17) is 4.74 Å². The van der Waals surface area contributed by atoms with Crippen LogP contribution in [0.15, 0.2) is 41.8 Å². The van der Waals surface area contributed by atoms with Gasteiger partial charge in [-0.3, -0.25) is 4.79 Å². The molecule has 2 heterocycles. The Morgan fingerprint density at radius 1 is 1.19 bits per heavy atom. The molecule has 1 unspecified atom stereocenters. The van der Waals surface area contributed by atoms with Gasteiger partial charge in [0.05, 0.1) is 19.6 Å². The molecule has 1 aromatic carbocycles. The average molecular weight is 388 g/mol. The van der Waals surface area contributed by atoms with E-state index in [9.17, 15) is 9.59 Å². The number of para-hydroxylation sites is 1. The molecule has 27 heavy (non-hydrogen) atoms. The molecule has 3 rings (SSSR count). The molecule has 1 saturated heterocycles. The molecule has 1 aliphatic rings. The number of amides is 3. The van der Waals surface area contributed by atoms with Gasteiger partial charge in [0.15, 0.2) is 0 Å². The standard InChI is InChI=1S/C20H25N3O3S/c1-26-18-9-3-2-6-15(18)12-21-19(24)16-7-4-10-23(14-16)20(25)22-13-17-8-5-11-27-17/h2-3,5-6,8-9,11,16H,4,7,10,12-14H2,1H3,(H,21,24)(H,22,25). The van der Waals surface area contributed by atoms with Crippen molar-refractivity contribution in [2.24, 2.45) is 5.92 Å². The van der Waals surface area contributed by atoms with Crippen LogP contribution < -0.4 is 15.4 Å². The number of rotatable bonds is 6. The zero-order valence-corrected chi connectivity index (χ0v) is 16.3. The lowest BCUT2D eigenvalue weighted by Gasteiger charge is -2.32. The van der Waals surface area contributed by atoms with E-state index in [0.717, 1.165) is 29.0 Å². The van der Waals surface area contributed by atoms with Crippen molar-refractivity contribution >= 4 is 23.3 Å². The molecule has 2 aromatic rings. The number of nitrogens with one attached hydrogen (secondary N) is 2. The minimum absolute atomic E-state index is 0.0170. The number of piperidine rings is 1. The highest BCUT2D eigenvalue weighted by atomic mass is 32.1. The van der Waals surface area contributed by atoms with Gasteiger partial charge in [-0.15, -0.1) is 11.3 Å². The van der Waals surface area contributed by atoms with Crippen LogP contribution >= 0.6 is 11.3 Å². The Bertz CT molecular complexity index is 764. The topological polar surface area (TPSA) is 70.7 Å². The van der Waals surface area contributed by atoms with Gasteiger partial charge >= 0.3 is 6.03 Å². The molecular weight excluding hydrogens is 362 g/mol. The molecule has 0 bridgehead atoms. The van der Waals surface area contributed by atoms with Crippen LogP contribution in [0, 0.1) is 5.92 Å². The molecule has 1 aromatic heterocycles. The number of methoxy groups -OCH3 is 1. The summed E-state index contributed by atoms with van der Waals surface area (Å²) in [5.41, 5.74) is 0.940. The second-order valence-corrected chi connectivity index (χ2v) is 7.59. The number of likely N-dealkylation sites (tertiary alicyclic amines) is 1. The molecule has 144 valence electrons. The van der Waals surface area contributed by atoms with E-state index in [-0.39, 0.29) is 17.9 Å². The van der Waals surface area contributed by atoms with Gasteiger partial charge in [0, 0.05) is 30.1 Å². The Balaban J connectivity index is 1.49. The number of hydrogen-bond donors (Lipinski definition) is 2. The van der Waals surface area contributed by atoms with Crippen molar-refractivity contribution < 1.29 is 14.3 Å². The van der Waals surface area contributed by atoms with Crippen LogP contribution in [0.5, 0.6) is 5.75 Å². The Labute approximate surface area is 163 Å². The molecule has 0 radical (unpaired) electrons. The molecule has 0 aliphatic carbocycles. The third-order valence-electron chi connectivity index (χ3n) is 4.72. The van der Waals surface area contributed by atoms with Crippen LogP contribution in [0.1, 0.15) is 23.3 Å². The van der Waals surface area contributed by atoms with Gasteiger partial charge in [-0.25, -0.2) is 4.79 Å². The first-order chi connectivity index (χ1) is 13.2. The number of urea groups is 1. The molecule has 0 spiro atoms. The lowest BCUT2D eigenvalue weighted by molar-refractivity contribution is -0.126. The third-order valence-corrected chi connectivity index (χ3v) is 5.60. The second-order valence-electron chi connectivity index (χ2n) is 6.55. The Morgan fingerprint density at radius 2 is 2.04 bits per heavy atom. The fourth-order valence-electron chi connectivity index (χ4n) is 3.24. The fraction of sp³-hybridized carbons (Fsp3) is 0.400. The number of nitrogens with zero attached hydrogens (tertiary/aromatic N) is 1. The summed E-state index contributed by atoms with van der Waals surface area (Å²) in [6, 6.07) is 11.5. The zero-order chi connectivity index (χ0) is 19.1. The van der Waals surface area contributed by atoms with Crippen LogP contribution in [0.25, 0.3) is 0 Å². The lowest BCUT2D eigenvalue weighted by atomic mass is 9.97. The van der Waals surface area contributed by atoms with Crippen LogP contribution in [-0.2, 0) is 17.9 Å². The van der Waals surface area contributed by atoms with Gasteiger partial charge in [0.25, 0.3) is 0 Å². The molecule has 7 heteroatoms. The predicted octanol–water partition coefficient (Wildman–Crippen LogP) is 2.99. The summed E-state index contributed by atoms with van der Waals surface area (Å²) in [5, 5.41) is 7.91. The first kappa shape index (κ1) is 19.2. The van der Waals surface area contributed by atoms with Crippen molar-refractivity contribution in [1.82, 2.24) is 15.5 Å². The number of ether oxygens (including phenoxy) is 1. The molecule has 2 N–H and O–H groups in total. The minimum Gasteiger partial charge on any atom is -0.496 e. The first-order valence-electron chi connectivity index (χ1n) is 9.12. The Morgan fingerprint density at radius 3 is 2.81 bits per heavy atom. The zero-order valence-electron chi connectivity index (χ0n) is 15.4. The molecule has 1 fully saturated rings. The van der Waals surface area contributed by atoms with E-state index in [1.807, 2.05) is 41.8 Å². The van der Waals surface area contributed by atoms with E-state index >= 15 is 0 Å². The Kier molecular flexibility index (Phi) is 6.70. The number of thiophene rings is 1. The van der Waals surface area contributed by atoms with Crippen LogP contribution in [0.4, 0.5) is 4.79 Å².